The van der Waals surface area contributed by atoms with E-state index in [2.05, 4.69) is 15.0 Å². The van der Waals surface area contributed by atoms with Gasteiger partial charge in [0.2, 0.25) is 0 Å². The first kappa shape index (κ1) is 18.3. The molecular formula is C19H15F2N3O3S. The molecule has 0 radical (unpaired) electrons. The molecule has 0 bridgehead atoms. The van der Waals surface area contributed by atoms with E-state index < -0.39 is 24.1 Å². The summed E-state index contributed by atoms with van der Waals surface area (Å²) in [5, 5.41) is 3.33. The fraction of sp³-hybridized carbons (Fsp3) is 0.211. The highest BCUT2D eigenvalue weighted by molar-refractivity contribution is 7.18. The van der Waals surface area contributed by atoms with Crippen LogP contribution in [-0.2, 0) is 16.9 Å². The zero-order valence-electron chi connectivity index (χ0n) is 14.7. The van der Waals surface area contributed by atoms with Gasteiger partial charge in [0, 0.05) is 0 Å². The number of hydrogen-bond donors (Lipinski definition) is 1. The van der Waals surface area contributed by atoms with E-state index in [-0.39, 0.29) is 12.3 Å². The number of ether oxygens (including phenoxy) is 1. The van der Waals surface area contributed by atoms with Crippen molar-refractivity contribution in [3.63, 3.8) is 0 Å². The largest absolute Gasteiger partial charge is 0.435 e. The number of hydrogen-bond acceptors (Lipinski definition) is 5. The number of rotatable bonds is 5. The Morgan fingerprint density at radius 2 is 1.89 bits per heavy atom. The summed E-state index contributed by atoms with van der Waals surface area (Å²) in [6.07, 6.45) is 0. The summed E-state index contributed by atoms with van der Waals surface area (Å²) in [6.45, 7) is -1.29. The van der Waals surface area contributed by atoms with Crippen molar-refractivity contribution in [3.8, 4) is 5.75 Å². The summed E-state index contributed by atoms with van der Waals surface area (Å²) in [4.78, 5) is 31.0. The van der Waals surface area contributed by atoms with Gasteiger partial charge < -0.3 is 10.1 Å². The van der Waals surface area contributed by atoms with Gasteiger partial charge in [0.05, 0.1) is 16.8 Å². The molecule has 1 aliphatic rings. The van der Waals surface area contributed by atoms with Crippen LogP contribution >= 0.6 is 11.3 Å². The van der Waals surface area contributed by atoms with Crippen LogP contribution in [0.15, 0.2) is 48.5 Å². The molecule has 0 unspecified atom stereocenters. The summed E-state index contributed by atoms with van der Waals surface area (Å²) in [6, 6.07) is 12.7. The highest BCUT2D eigenvalue weighted by atomic mass is 32.1. The number of para-hydroxylation sites is 1. The number of carbonyl (C=O) groups is 2. The SMILES string of the molecule is C[C@]1(c2ccc(OC(F)F)cc2)NC(=O)N(Cc2nc3ccccc3s2)C1=O. The Labute approximate surface area is 162 Å². The van der Waals surface area contributed by atoms with E-state index in [1.807, 2.05) is 24.3 Å². The Hall–Kier alpha value is -3.07. The molecule has 1 aromatic heterocycles. The van der Waals surface area contributed by atoms with Crippen LogP contribution in [0, 0.1) is 0 Å². The number of urea groups is 1. The zero-order valence-corrected chi connectivity index (χ0v) is 15.5. The lowest BCUT2D eigenvalue weighted by Crippen LogP contribution is -2.40. The van der Waals surface area contributed by atoms with E-state index in [4.69, 9.17) is 0 Å². The van der Waals surface area contributed by atoms with Crippen LogP contribution in [0.3, 0.4) is 0 Å². The van der Waals surface area contributed by atoms with Crippen LogP contribution in [0.1, 0.15) is 17.5 Å². The molecule has 1 saturated heterocycles. The van der Waals surface area contributed by atoms with E-state index in [0.29, 0.717) is 10.6 Å². The number of thiazole rings is 1. The molecule has 0 aliphatic carbocycles. The van der Waals surface area contributed by atoms with Gasteiger partial charge >= 0.3 is 12.6 Å². The Morgan fingerprint density at radius 1 is 1.18 bits per heavy atom. The van der Waals surface area contributed by atoms with E-state index in [1.54, 1.807) is 6.92 Å². The molecule has 3 aromatic rings. The fourth-order valence-corrected chi connectivity index (χ4v) is 4.09. The van der Waals surface area contributed by atoms with E-state index in [9.17, 15) is 18.4 Å². The predicted octanol–water partition coefficient (Wildman–Crippen LogP) is 3.86. The maximum absolute atomic E-state index is 13.0. The number of imide groups is 1. The lowest BCUT2D eigenvalue weighted by molar-refractivity contribution is -0.131. The van der Waals surface area contributed by atoms with Crippen molar-refractivity contribution in [2.24, 2.45) is 0 Å². The fourth-order valence-electron chi connectivity index (χ4n) is 3.13. The molecule has 0 saturated carbocycles. The molecule has 0 spiro atoms. The van der Waals surface area contributed by atoms with Gasteiger partial charge in [0.15, 0.2) is 0 Å². The third-order valence-corrected chi connectivity index (χ3v) is 5.58. The van der Waals surface area contributed by atoms with Crippen LogP contribution in [0.4, 0.5) is 13.6 Å². The second kappa shape index (κ2) is 6.83. The molecule has 3 amide bonds. The van der Waals surface area contributed by atoms with E-state index in [1.165, 1.54) is 35.6 Å². The standard InChI is InChI=1S/C19H15F2N3O3S/c1-19(11-6-8-12(9-7-11)27-17(20)21)16(25)24(18(26)23-19)10-15-22-13-4-2-3-5-14(13)28-15/h2-9,17H,10H2,1H3,(H,23,26)/t19-/m1/s1. The van der Waals surface area contributed by atoms with Crippen LogP contribution in [0.5, 0.6) is 5.75 Å². The number of alkyl halides is 2. The number of aromatic nitrogens is 1. The average molecular weight is 403 g/mol. The van der Waals surface area contributed by atoms with Crippen molar-refractivity contribution in [1.82, 2.24) is 15.2 Å². The van der Waals surface area contributed by atoms with E-state index >= 15 is 0 Å². The number of benzene rings is 2. The van der Waals surface area contributed by atoms with Crippen molar-refractivity contribution in [2.75, 3.05) is 0 Å². The minimum Gasteiger partial charge on any atom is -0.435 e. The summed E-state index contributed by atoms with van der Waals surface area (Å²) in [5.41, 5.74) is -0.0110. The molecule has 1 N–H and O–H groups in total. The van der Waals surface area contributed by atoms with Gasteiger partial charge in [0.1, 0.15) is 16.3 Å². The zero-order chi connectivity index (χ0) is 19.9. The lowest BCUT2D eigenvalue weighted by atomic mass is 9.92. The van der Waals surface area contributed by atoms with Crippen LogP contribution in [0.2, 0.25) is 0 Å². The second-order valence-electron chi connectivity index (χ2n) is 6.42. The van der Waals surface area contributed by atoms with Crippen molar-refractivity contribution in [1.29, 1.82) is 0 Å². The van der Waals surface area contributed by atoms with Gasteiger partial charge in [-0.1, -0.05) is 24.3 Å². The van der Waals surface area contributed by atoms with Crippen molar-refractivity contribution in [2.45, 2.75) is 25.6 Å². The minimum atomic E-state index is -2.93. The van der Waals surface area contributed by atoms with Gasteiger partial charge in [-0.15, -0.1) is 11.3 Å². The minimum absolute atomic E-state index is 0.0227. The number of nitrogens with zero attached hydrogens (tertiary/aromatic N) is 2. The normalized spacial score (nSPS) is 19.5. The molecule has 9 heteroatoms. The monoisotopic (exact) mass is 403 g/mol. The molecule has 144 valence electrons. The number of amides is 3. The van der Waals surface area contributed by atoms with Gasteiger partial charge in [-0.05, 0) is 36.8 Å². The average Bonchev–Trinajstić information content (AvgIpc) is 3.16. The quantitative estimate of drug-likeness (QED) is 0.657. The summed E-state index contributed by atoms with van der Waals surface area (Å²) in [7, 11) is 0. The van der Waals surface area contributed by atoms with E-state index in [0.717, 1.165) is 15.1 Å². The van der Waals surface area contributed by atoms with Crippen LogP contribution in [0.25, 0.3) is 10.2 Å². The van der Waals surface area contributed by atoms with Gasteiger partial charge in [0.25, 0.3) is 5.91 Å². The highest BCUT2D eigenvalue weighted by Gasteiger charge is 2.49. The van der Waals surface area contributed by atoms with Crippen LogP contribution < -0.4 is 10.1 Å². The van der Waals surface area contributed by atoms with Gasteiger partial charge in [-0.2, -0.15) is 8.78 Å². The third kappa shape index (κ3) is 3.18. The van der Waals surface area contributed by atoms with Crippen molar-refractivity contribution < 1.29 is 23.1 Å². The lowest BCUT2D eigenvalue weighted by Gasteiger charge is -2.22. The maximum Gasteiger partial charge on any atom is 0.387 e. The summed E-state index contributed by atoms with van der Waals surface area (Å²) < 4.78 is 29.9. The second-order valence-corrected chi connectivity index (χ2v) is 7.54. The Kier molecular flexibility index (Phi) is 4.46. The van der Waals surface area contributed by atoms with Gasteiger partial charge in [-0.3, -0.25) is 9.69 Å². The molecule has 1 atom stereocenters. The molecule has 2 heterocycles. The first-order chi connectivity index (χ1) is 13.4. The number of nitrogens with one attached hydrogen (secondary N) is 1. The van der Waals surface area contributed by atoms with Crippen molar-refractivity contribution >= 4 is 33.5 Å². The third-order valence-electron chi connectivity index (χ3n) is 4.56. The first-order valence-electron chi connectivity index (χ1n) is 8.41. The van der Waals surface area contributed by atoms with Crippen LogP contribution in [-0.4, -0.2) is 28.4 Å². The molecule has 4 rings (SSSR count). The van der Waals surface area contributed by atoms with Crippen molar-refractivity contribution in [3.05, 3.63) is 59.1 Å². The molecule has 28 heavy (non-hydrogen) atoms. The smallest absolute Gasteiger partial charge is 0.387 e. The molecular weight excluding hydrogens is 388 g/mol. The topological polar surface area (TPSA) is 71.5 Å². The molecule has 6 nitrogen and oxygen atoms in total. The number of carbonyl (C=O) groups excluding carboxylic acids is 2. The molecule has 2 aromatic carbocycles. The Bertz CT molecular complexity index is 1020. The number of halogens is 2. The van der Waals surface area contributed by atoms with Gasteiger partial charge in [-0.25, -0.2) is 9.78 Å². The first-order valence-corrected chi connectivity index (χ1v) is 9.22. The molecule has 1 fully saturated rings. The number of fused-ring (bicyclic) bond motifs is 1. The highest BCUT2D eigenvalue weighted by Crippen LogP contribution is 2.32. The Morgan fingerprint density at radius 3 is 2.57 bits per heavy atom. The predicted molar refractivity (Wildman–Crippen MR) is 99.1 cm³/mol. The summed E-state index contributed by atoms with van der Waals surface area (Å²) >= 11 is 1.42. The maximum atomic E-state index is 13.0. The summed E-state index contributed by atoms with van der Waals surface area (Å²) in [5.74, 6) is -0.454. The molecule has 1 aliphatic heterocycles. The Balaban J connectivity index is 1.57.